The molecule has 0 amide bonds. The summed E-state index contributed by atoms with van der Waals surface area (Å²) >= 11 is 0. The van der Waals surface area contributed by atoms with Crippen LogP contribution < -0.4 is 10.0 Å². The molecule has 0 fully saturated rings. The zero-order valence-electron chi connectivity index (χ0n) is 9.91. The Kier molecular flexibility index (Phi) is 5.22. The van der Waals surface area contributed by atoms with Crippen LogP contribution in [0.5, 0.6) is 0 Å². The van der Waals surface area contributed by atoms with Gasteiger partial charge in [-0.2, -0.15) is 4.72 Å². The lowest BCUT2D eigenvalue weighted by molar-refractivity contribution is 0.402. The van der Waals surface area contributed by atoms with Crippen LogP contribution in [0.4, 0.5) is 0 Å². The first-order valence-corrected chi connectivity index (χ1v) is 6.77. The van der Waals surface area contributed by atoms with Crippen LogP contribution in [0.2, 0.25) is 0 Å². The second-order valence-corrected chi connectivity index (χ2v) is 4.95. The van der Waals surface area contributed by atoms with Crippen LogP contribution in [-0.2, 0) is 16.6 Å². The molecule has 0 saturated heterocycles. The van der Waals surface area contributed by atoms with E-state index in [0.29, 0.717) is 12.3 Å². The Hall–Kier alpha value is -1.29. The molecule has 0 saturated carbocycles. The van der Waals surface area contributed by atoms with Gasteiger partial charge in [-0.05, 0) is 25.6 Å². The fourth-order valence-corrected chi connectivity index (χ4v) is 2.00. The van der Waals surface area contributed by atoms with Gasteiger partial charge in [-0.1, -0.05) is 12.8 Å². The van der Waals surface area contributed by atoms with E-state index in [-0.39, 0.29) is 11.6 Å². The number of sulfonamides is 1. The molecule has 94 valence electrons. The highest BCUT2D eigenvalue weighted by atomic mass is 32.2. The molecule has 1 rings (SSSR count). The van der Waals surface area contributed by atoms with Gasteiger partial charge in [-0.3, -0.25) is 0 Å². The summed E-state index contributed by atoms with van der Waals surface area (Å²) in [4.78, 5) is 0. The van der Waals surface area contributed by atoms with E-state index >= 15 is 0 Å². The molecular weight excluding hydrogens is 240 g/mol. The number of furan rings is 1. The van der Waals surface area contributed by atoms with E-state index in [0.717, 1.165) is 6.54 Å². The van der Waals surface area contributed by atoms with E-state index in [1.54, 1.807) is 13.0 Å². The summed E-state index contributed by atoms with van der Waals surface area (Å²) in [5.74, 6) is 5.82. The summed E-state index contributed by atoms with van der Waals surface area (Å²) in [6.45, 7) is 5.01. The van der Waals surface area contributed by atoms with Crippen molar-refractivity contribution in [2.24, 2.45) is 0 Å². The highest BCUT2D eigenvalue weighted by Gasteiger charge is 2.17. The minimum atomic E-state index is -3.58. The molecule has 6 heteroatoms. The second-order valence-electron chi connectivity index (χ2n) is 3.25. The quantitative estimate of drug-likeness (QED) is 0.735. The van der Waals surface area contributed by atoms with Crippen molar-refractivity contribution in [1.29, 1.82) is 0 Å². The van der Waals surface area contributed by atoms with Crippen LogP contribution in [0, 0.1) is 11.8 Å². The van der Waals surface area contributed by atoms with Crippen LogP contribution in [0.25, 0.3) is 0 Å². The lowest BCUT2D eigenvalue weighted by atomic mass is 10.4. The molecule has 0 aliphatic carbocycles. The zero-order valence-corrected chi connectivity index (χ0v) is 10.7. The first-order chi connectivity index (χ1) is 8.10. The van der Waals surface area contributed by atoms with Gasteiger partial charge in [-0.15, -0.1) is 5.92 Å². The molecule has 0 atom stereocenters. The maximum absolute atomic E-state index is 11.7. The molecule has 5 nitrogen and oxygen atoms in total. The Morgan fingerprint density at radius 1 is 1.41 bits per heavy atom. The number of hydrogen-bond acceptors (Lipinski definition) is 4. The van der Waals surface area contributed by atoms with Crippen molar-refractivity contribution in [3.63, 3.8) is 0 Å². The fourth-order valence-electron chi connectivity index (χ4n) is 1.14. The van der Waals surface area contributed by atoms with Crippen LogP contribution in [0.1, 0.15) is 19.6 Å². The van der Waals surface area contributed by atoms with Gasteiger partial charge in [-0.25, -0.2) is 8.42 Å². The van der Waals surface area contributed by atoms with Crippen molar-refractivity contribution < 1.29 is 12.8 Å². The average Bonchev–Trinajstić information content (AvgIpc) is 2.76. The molecule has 1 aromatic rings. The summed E-state index contributed by atoms with van der Waals surface area (Å²) in [6.07, 6.45) is 0. The van der Waals surface area contributed by atoms with Gasteiger partial charge in [0.25, 0.3) is 10.0 Å². The van der Waals surface area contributed by atoms with E-state index in [1.165, 1.54) is 6.07 Å². The third-order valence-electron chi connectivity index (χ3n) is 1.98. The molecule has 0 radical (unpaired) electrons. The van der Waals surface area contributed by atoms with Crippen LogP contribution >= 0.6 is 0 Å². The topological polar surface area (TPSA) is 71.3 Å². The summed E-state index contributed by atoms with van der Waals surface area (Å²) < 4.78 is 31.0. The summed E-state index contributed by atoms with van der Waals surface area (Å²) in [7, 11) is -3.58. The van der Waals surface area contributed by atoms with Crippen molar-refractivity contribution in [1.82, 2.24) is 10.0 Å². The molecule has 17 heavy (non-hydrogen) atoms. The first-order valence-electron chi connectivity index (χ1n) is 5.29. The zero-order chi connectivity index (χ0) is 12.7. The lowest BCUT2D eigenvalue weighted by Crippen LogP contribution is -2.23. The molecule has 1 heterocycles. The number of rotatable bonds is 6. The normalized spacial score (nSPS) is 10.9. The van der Waals surface area contributed by atoms with Crippen molar-refractivity contribution in [3.05, 3.63) is 17.9 Å². The Bertz CT molecular complexity index is 508. The number of nitrogens with one attached hydrogen (secondary N) is 2. The van der Waals surface area contributed by atoms with Gasteiger partial charge in [0.15, 0.2) is 0 Å². The van der Waals surface area contributed by atoms with Gasteiger partial charge < -0.3 is 9.73 Å². The monoisotopic (exact) mass is 256 g/mol. The highest BCUT2D eigenvalue weighted by Crippen LogP contribution is 2.13. The molecule has 1 aromatic heterocycles. The van der Waals surface area contributed by atoms with E-state index in [4.69, 9.17) is 4.42 Å². The molecule has 0 aliphatic heterocycles. The molecule has 0 bridgehead atoms. The minimum absolute atomic E-state index is 0.0803. The summed E-state index contributed by atoms with van der Waals surface area (Å²) in [5, 5.41) is 2.97. The van der Waals surface area contributed by atoms with Crippen LogP contribution in [-0.4, -0.2) is 21.5 Å². The molecule has 0 spiro atoms. The van der Waals surface area contributed by atoms with Crippen molar-refractivity contribution >= 4 is 10.0 Å². The van der Waals surface area contributed by atoms with Crippen LogP contribution in [0.15, 0.2) is 21.6 Å². The standard InChI is InChI=1S/C11H16N2O3S/c1-3-5-8-13-17(14,15)11-7-6-10(16-11)9-12-4-2/h6-7,12-13H,4,8-9H2,1-2H3. The first kappa shape index (κ1) is 13.8. The lowest BCUT2D eigenvalue weighted by Gasteiger charge is -2.00. The molecule has 2 N–H and O–H groups in total. The van der Waals surface area contributed by atoms with Crippen molar-refractivity contribution in [2.75, 3.05) is 13.1 Å². The third kappa shape index (κ3) is 4.23. The van der Waals surface area contributed by atoms with Gasteiger partial charge in [0, 0.05) is 0 Å². The molecule has 0 unspecified atom stereocenters. The van der Waals surface area contributed by atoms with E-state index < -0.39 is 10.0 Å². The Balaban J connectivity index is 2.70. The third-order valence-corrected chi connectivity index (χ3v) is 3.25. The SMILES string of the molecule is CC#CCNS(=O)(=O)c1ccc(CNCC)o1. The Labute approximate surface area is 102 Å². The predicted molar refractivity (Wildman–Crippen MR) is 64.7 cm³/mol. The summed E-state index contributed by atoms with van der Waals surface area (Å²) in [5.41, 5.74) is 0. The number of hydrogen-bond donors (Lipinski definition) is 2. The predicted octanol–water partition coefficient (Wildman–Crippen LogP) is 0.691. The largest absolute Gasteiger partial charge is 0.447 e. The maximum atomic E-state index is 11.7. The van der Waals surface area contributed by atoms with Gasteiger partial charge in [0.1, 0.15) is 5.76 Å². The van der Waals surface area contributed by atoms with Crippen LogP contribution in [0.3, 0.4) is 0 Å². The van der Waals surface area contributed by atoms with Crippen molar-refractivity contribution in [3.8, 4) is 11.8 Å². The van der Waals surface area contributed by atoms with Gasteiger partial charge in [0.05, 0.1) is 13.1 Å². The fraction of sp³-hybridized carbons (Fsp3) is 0.455. The van der Waals surface area contributed by atoms with Gasteiger partial charge in [0.2, 0.25) is 5.09 Å². The van der Waals surface area contributed by atoms with Crippen molar-refractivity contribution in [2.45, 2.75) is 25.5 Å². The molecule has 0 aliphatic rings. The van der Waals surface area contributed by atoms with E-state index in [1.807, 2.05) is 6.92 Å². The smallest absolute Gasteiger partial charge is 0.274 e. The second kappa shape index (κ2) is 6.45. The minimum Gasteiger partial charge on any atom is -0.447 e. The molecular formula is C11H16N2O3S. The average molecular weight is 256 g/mol. The van der Waals surface area contributed by atoms with E-state index in [9.17, 15) is 8.42 Å². The van der Waals surface area contributed by atoms with Gasteiger partial charge >= 0.3 is 0 Å². The summed E-state index contributed by atoms with van der Waals surface area (Å²) in [6, 6.07) is 3.08. The molecule has 0 aromatic carbocycles. The van der Waals surface area contributed by atoms with E-state index in [2.05, 4.69) is 21.9 Å². The maximum Gasteiger partial charge on any atom is 0.274 e. The Morgan fingerprint density at radius 3 is 2.82 bits per heavy atom. The highest BCUT2D eigenvalue weighted by molar-refractivity contribution is 7.89. The Morgan fingerprint density at radius 2 is 2.18 bits per heavy atom.